The van der Waals surface area contributed by atoms with Gasteiger partial charge in [-0.05, 0) is 36.9 Å². The van der Waals surface area contributed by atoms with E-state index in [4.69, 9.17) is 10.2 Å². The van der Waals surface area contributed by atoms with Crippen molar-refractivity contribution in [3.63, 3.8) is 0 Å². The zero-order valence-corrected chi connectivity index (χ0v) is 11.0. The first-order chi connectivity index (χ1) is 8.63. The number of piperidine rings is 1. The third-order valence-electron chi connectivity index (χ3n) is 3.98. The Bertz CT molecular complexity index is 379. The first-order valence-electron chi connectivity index (χ1n) is 6.63. The number of hydrogen-bond donors (Lipinski definition) is 1. The number of aryl methyl sites for hydroxylation is 1. The molecule has 4 nitrogen and oxygen atoms in total. The van der Waals surface area contributed by atoms with Gasteiger partial charge in [0.1, 0.15) is 5.76 Å². The van der Waals surface area contributed by atoms with E-state index in [-0.39, 0.29) is 11.3 Å². The van der Waals surface area contributed by atoms with Gasteiger partial charge < -0.3 is 15.1 Å². The molecule has 0 saturated carbocycles. The van der Waals surface area contributed by atoms with E-state index in [1.165, 1.54) is 0 Å². The van der Waals surface area contributed by atoms with Crippen LogP contribution in [0.5, 0.6) is 0 Å². The maximum absolute atomic E-state index is 12.0. The number of likely N-dealkylation sites (tertiary alicyclic amines) is 1. The first-order valence-corrected chi connectivity index (χ1v) is 6.63. The molecule has 0 bridgehead atoms. The van der Waals surface area contributed by atoms with Crippen LogP contribution in [0.1, 0.15) is 31.9 Å². The summed E-state index contributed by atoms with van der Waals surface area (Å²) in [5.74, 6) is 1.11. The summed E-state index contributed by atoms with van der Waals surface area (Å²) in [6, 6.07) is 3.77. The molecule has 18 heavy (non-hydrogen) atoms. The summed E-state index contributed by atoms with van der Waals surface area (Å²) < 4.78 is 5.23. The van der Waals surface area contributed by atoms with E-state index in [9.17, 15) is 4.79 Å². The molecule has 4 heteroatoms. The highest BCUT2D eigenvalue weighted by Crippen LogP contribution is 2.29. The fourth-order valence-electron chi connectivity index (χ4n) is 2.34. The standard InChI is InChI=1S/C14H22N2O2/c1-14(11-15)6-8-16(9-7-14)13(17)5-4-12-3-2-10-18-12/h2-3,10H,4-9,11,15H2,1H3. The molecule has 0 spiro atoms. The van der Waals surface area contributed by atoms with Gasteiger partial charge in [0.15, 0.2) is 0 Å². The van der Waals surface area contributed by atoms with Gasteiger partial charge in [-0.25, -0.2) is 0 Å². The van der Waals surface area contributed by atoms with Crippen molar-refractivity contribution in [1.82, 2.24) is 4.90 Å². The molecule has 1 aliphatic heterocycles. The second kappa shape index (κ2) is 5.57. The number of carbonyl (C=O) groups is 1. The lowest BCUT2D eigenvalue weighted by Gasteiger charge is -2.38. The average molecular weight is 250 g/mol. The Morgan fingerprint density at radius 3 is 2.78 bits per heavy atom. The van der Waals surface area contributed by atoms with Crippen LogP contribution in [0.2, 0.25) is 0 Å². The second-order valence-electron chi connectivity index (χ2n) is 5.47. The van der Waals surface area contributed by atoms with Crippen molar-refractivity contribution in [1.29, 1.82) is 0 Å². The molecule has 2 rings (SSSR count). The zero-order chi connectivity index (χ0) is 13.0. The molecule has 0 aromatic carbocycles. The van der Waals surface area contributed by atoms with Crippen molar-refractivity contribution < 1.29 is 9.21 Å². The van der Waals surface area contributed by atoms with Gasteiger partial charge in [0.05, 0.1) is 6.26 Å². The quantitative estimate of drug-likeness (QED) is 0.886. The van der Waals surface area contributed by atoms with Gasteiger partial charge in [-0.1, -0.05) is 6.92 Å². The summed E-state index contributed by atoms with van der Waals surface area (Å²) >= 11 is 0. The number of carbonyl (C=O) groups excluding carboxylic acids is 1. The Morgan fingerprint density at radius 1 is 1.50 bits per heavy atom. The van der Waals surface area contributed by atoms with E-state index in [0.717, 1.165) is 31.7 Å². The van der Waals surface area contributed by atoms with Gasteiger partial charge >= 0.3 is 0 Å². The van der Waals surface area contributed by atoms with Crippen LogP contribution in [0.15, 0.2) is 22.8 Å². The molecule has 0 atom stereocenters. The normalized spacial score (nSPS) is 18.9. The van der Waals surface area contributed by atoms with E-state index in [1.54, 1.807) is 6.26 Å². The van der Waals surface area contributed by atoms with E-state index in [1.807, 2.05) is 17.0 Å². The number of amides is 1. The highest BCUT2D eigenvalue weighted by atomic mass is 16.3. The van der Waals surface area contributed by atoms with Crippen molar-refractivity contribution in [3.8, 4) is 0 Å². The molecule has 100 valence electrons. The van der Waals surface area contributed by atoms with Gasteiger partial charge in [0.25, 0.3) is 0 Å². The van der Waals surface area contributed by atoms with Crippen LogP contribution in [0, 0.1) is 5.41 Å². The molecule has 1 aliphatic rings. The third kappa shape index (κ3) is 3.13. The molecule has 1 fully saturated rings. The number of hydrogen-bond acceptors (Lipinski definition) is 3. The van der Waals surface area contributed by atoms with Gasteiger partial charge in [-0.15, -0.1) is 0 Å². The lowest BCUT2D eigenvalue weighted by Crippen LogP contribution is -2.44. The fraction of sp³-hybridized carbons (Fsp3) is 0.643. The molecular weight excluding hydrogens is 228 g/mol. The topological polar surface area (TPSA) is 59.5 Å². The minimum absolute atomic E-state index is 0.220. The molecular formula is C14H22N2O2. The van der Waals surface area contributed by atoms with Crippen molar-refractivity contribution in [2.45, 2.75) is 32.6 Å². The maximum Gasteiger partial charge on any atom is 0.223 e. The molecule has 2 N–H and O–H groups in total. The van der Waals surface area contributed by atoms with Crippen LogP contribution in [0.25, 0.3) is 0 Å². The molecule has 1 aromatic heterocycles. The van der Waals surface area contributed by atoms with Crippen molar-refractivity contribution in [3.05, 3.63) is 24.2 Å². The summed E-state index contributed by atoms with van der Waals surface area (Å²) in [5.41, 5.74) is 5.99. The van der Waals surface area contributed by atoms with E-state index < -0.39 is 0 Å². The van der Waals surface area contributed by atoms with Crippen LogP contribution in [-0.4, -0.2) is 30.4 Å². The number of nitrogens with two attached hydrogens (primary N) is 1. The highest BCUT2D eigenvalue weighted by molar-refractivity contribution is 5.76. The smallest absolute Gasteiger partial charge is 0.223 e. The van der Waals surface area contributed by atoms with Crippen LogP contribution < -0.4 is 5.73 Å². The number of rotatable bonds is 4. The van der Waals surface area contributed by atoms with Crippen LogP contribution >= 0.6 is 0 Å². The van der Waals surface area contributed by atoms with E-state index in [0.29, 0.717) is 19.4 Å². The maximum atomic E-state index is 12.0. The van der Waals surface area contributed by atoms with Crippen LogP contribution in [0.3, 0.4) is 0 Å². The Balaban J connectivity index is 1.77. The largest absolute Gasteiger partial charge is 0.469 e. The van der Waals surface area contributed by atoms with E-state index in [2.05, 4.69) is 6.92 Å². The van der Waals surface area contributed by atoms with Gasteiger partial charge in [0, 0.05) is 25.9 Å². The summed E-state index contributed by atoms with van der Waals surface area (Å²) in [4.78, 5) is 14.0. The van der Waals surface area contributed by atoms with E-state index >= 15 is 0 Å². The molecule has 0 radical (unpaired) electrons. The predicted octanol–water partition coefficient (Wildman–Crippen LogP) is 1.80. The molecule has 1 aromatic rings. The van der Waals surface area contributed by atoms with Crippen molar-refractivity contribution in [2.75, 3.05) is 19.6 Å². The molecule has 0 unspecified atom stereocenters. The summed E-state index contributed by atoms with van der Waals surface area (Å²) in [6.45, 7) is 4.59. The third-order valence-corrected chi connectivity index (χ3v) is 3.98. The summed E-state index contributed by atoms with van der Waals surface area (Å²) in [5, 5.41) is 0. The Labute approximate surface area is 108 Å². The minimum Gasteiger partial charge on any atom is -0.469 e. The molecule has 1 saturated heterocycles. The van der Waals surface area contributed by atoms with Crippen molar-refractivity contribution in [2.24, 2.45) is 11.1 Å². The highest BCUT2D eigenvalue weighted by Gasteiger charge is 2.30. The molecule has 0 aliphatic carbocycles. The SMILES string of the molecule is CC1(CN)CCN(C(=O)CCc2ccco2)CC1. The first kappa shape index (κ1) is 13.1. The van der Waals surface area contributed by atoms with Gasteiger partial charge in [-0.2, -0.15) is 0 Å². The van der Waals surface area contributed by atoms with Crippen LogP contribution in [-0.2, 0) is 11.2 Å². The predicted molar refractivity (Wildman–Crippen MR) is 70.0 cm³/mol. The van der Waals surface area contributed by atoms with Crippen LogP contribution in [0.4, 0.5) is 0 Å². The van der Waals surface area contributed by atoms with Gasteiger partial charge in [-0.3, -0.25) is 4.79 Å². The number of furan rings is 1. The fourth-order valence-corrected chi connectivity index (χ4v) is 2.34. The average Bonchev–Trinajstić information content (AvgIpc) is 2.90. The monoisotopic (exact) mass is 250 g/mol. The second-order valence-corrected chi connectivity index (χ2v) is 5.47. The Kier molecular flexibility index (Phi) is 4.07. The molecule has 1 amide bonds. The lowest BCUT2D eigenvalue weighted by molar-refractivity contribution is -0.133. The zero-order valence-electron chi connectivity index (χ0n) is 11.0. The molecule has 2 heterocycles. The minimum atomic E-state index is 0.220. The summed E-state index contributed by atoms with van der Waals surface area (Å²) in [6.07, 6.45) is 4.89. The lowest BCUT2D eigenvalue weighted by atomic mass is 9.80. The number of nitrogens with zero attached hydrogens (tertiary/aromatic N) is 1. The van der Waals surface area contributed by atoms with Gasteiger partial charge in [0.2, 0.25) is 5.91 Å². The Hall–Kier alpha value is -1.29. The van der Waals surface area contributed by atoms with Crippen molar-refractivity contribution >= 4 is 5.91 Å². The summed E-state index contributed by atoms with van der Waals surface area (Å²) in [7, 11) is 0. The Morgan fingerprint density at radius 2 is 2.22 bits per heavy atom.